The molecular formula is C11H16N4O4. The van der Waals surface area contributed by atoms with E-state index in [4.69, 9.17) is 5.73 Å². The molecule has 1 aromatic heterocycles. The smallest absolute Gasteiger partial charge is 0.327 e. The fourth-order valence-electron chi connectivity index (χ4n) is 1.72. The third-order valence-corrected chi connectivity index (χ3v) is 2.57. The number of ketones is 1. The van der Waals surface area contributed by atoms with Gasteiger partial charge in [-0.2, -0.15) is 0 Å². The summed E-state index contributed by atoms with van der Waals surface area (Å²) in [5.74, 6) is -3.47. The Bertz CT molecular complexity index is 469. The number of carbonyl (C=O) groups is 3. The van der Waals surface area contributed by atoms with Gasteiger partial charge in [-0.05, 0) is 6.92 Å². The summed E-state index contributed by atoms with van der Waals surface area (Å²) in [5.41, 5.74) is 5.82. The maximum Gasteiger partial charge on any atom is 0.327 e. The van der Waals surface area contributed by atoms with Crippen molar-refractivity contribution in [3.8, 4) is 0 Å². The zero-order chi connectivity index (χ0) is 14.6. The van der Waals surface area contributed by atoms with E-state index in [1.165, 1.54) is 26.4 Å². The molecular weight excluding hydrogens is 252 g/mol. The molecule has 8 nitrogen and oxygen atoms in total. The molecule has 0 aliphatic carbocycles. The van der Waals surface area contributed by atoms with Crippen LogP contribution in [0.4, 0.5) is 0 Å². The molecule has 1 aromatic rings. The third kappa shape index (κ3) is 3.62. The highest BCUT2D eigenvalue weighted by atomic mass is 16.4. The number of carboxylic acids is 1. The summed E-state index contributed by atoms with van der Waals surface area (Å²) in [4.78, 5) is 40.9. The van der Waals surface area contributed by atoms with Gasteiger partial charge in [0.25, 0.3) is 0 Å². The van der Waals surface area contributed by atoms with Crippen LogP contribution >= 0.6 is 0 Å². The lowest BCUT2D eigenvalue weighted by atomic mass is 9.88. The lowest BCUT2D eigenvalue weighted by molar-refractivity contribution is -0.144. The summed E-state index contributed by atoms with van der Waals surface area (Å²) in [7, 11) is 0. The molecule has 19 heavy (non-hydrogen) atoms. The predicted octanol–water partition coefficient (Wildman–Crippen LogP) is -1.00. The minimum atomic E-state index is -1.39. The largest absolute Gasteiger partial charge is 0.480 e. The van der Waals surface area contributed by atoms with E-state index in [-0.39, 0.29) is 0 Å². The summed E-state index contributed by atoms with van der Waals surface area (Å²) in [6, 6.07) is -2.25. The molecule has 3 atom stereocenters. The number of aromatic nitrogens is 2. The molecule has 1 rings (SSSR count). The molecule has 5 N–H and O–H groups in total. The number of amides is 1. The number of carboxylic acid groups (broad SMARTS) is 1. The molecule has 1 amide bonds. The van der Waals surface area contributed by atoms with Crippen LogP contribution in [0, 0.1) is 0 Å². The van der Waals surface area contributed by atoms with Gasteiger partial charge in [0.05, 0.1) is 18.3 Å². The Kier molecular flexibility index (Phi) is 4.76. The second-order valence-electron chi connectivity index (χ2n) is 4.19. The molecule has 104 valence electrons. The van der Waals surface area contributed by atoms with Crippen LogP contribution < -0.4 is 11.1 Å². The van der Waals surface area contributed by atoms with E-state index in [1.54, 1.807) is 0 Å². The van der Waals surface area contributed by atoms with E-state index in [2.05, 4.69) is 15.3 Å². The molecule has 0 aromatic carbocycles. The number of aromatic amines is 1. The van der Waals surface area contributed by atoms with Gasteiger partial charge in [-0.15, -0.1) is 0 Å². The summed E-state index contributed by atoms with van der Waals surface area (Å²) in [6.07, 6.45) is 2.66. The highest BCUT2D eigenvalue weighted by Gasteiger charge is 2.37. The van der Waals surface area contributed by atoms with Crippen molar-refractivity contribution in [3.63, 3.8) is 0 Å². The van der Waals surface area contributed by atoms with E-state index in [9.17, 15) is 19.5 Å². The Hall–Kier alpha value is -2.22. The molecule has 0 spiro atoms. The van der Waals surface area contributed by atoms with Gasteiger partial charge in [-0.3, -0.25) is 9.59 Å². The Labute approximate surface area is 109 Å². The van der Waals surface area contributed by atoms with Gasteiger partial charge >= 0.3 is 5.97 Å². The standard InChI is InChI=1S/C11H16N4O4/c1-5(12)10(17)8(7-3-13-4-14-7)9(11(18)19)15-6(2)16/h3-5,8-9H,12H2,1-2H3,(H,13,14)(H,15,16)(H,18,19). The number of imidazole rings is 1. The van der Waals surface area contributed by atoms with Gasteiger partial charge in [0.2, 0.25) is 5.91 Å². The lowest BCUT2D eigenvalue weighted by Crippen LogP contribution is -2.49. The average molecular weight is 268 g/mol. The highest BCUT2D eigenvalue weighted by molar-refractivity contribution is 5.96. The van der Waals surface area contributed by atoms with Crippen LogP contribution in [0.15, 0.2) is 12.5 Å². The van der Waals surface area contributed by atoms with Gasteiger partial charge in [0.15, 0.2) is 5.78 Å². The van der Waals surface area contributed by atoms with Crippen LogP contribution in [0.5, 0.6) is 0 Å². The fourth-order valence-corrected chi connectivity index (χ4v) is 1.72. The van der Waals surface area contributed by atoms with Crippen LogP contribution in [0.25, 0.3) is 0 Å². The quantitative estimate of drug-likeness (QED) is 0.522. The van der Waals surface area contributed by atoms with E-state index >= 15 is 0 Å². The summed E-state index contributed by atoms with van der Waals surface area (Å²) in [5, 5.41) is 11.4. The Morgan fingerprint density at radius 1 is 1.47 bits per heavy atom. The van der Waals surface area contributed by atoms with E-state index in [1.807, 2.05) is 0 Å². The number of nitrogens with two attached hydrogens (primary N) is 1. The summed E-state index contributed by atoms with van der Waals surface area (Å²) < 4.78 is 0. The second kappa shape index (κ2) is 6.10. The molecule has 0 aliphatic heterocycles. The van der Waals surface area contributed by atoms with E-state index in [0.717, 1.165) is 0 Å². The van der Waals surface area contributed by atoms with E-state index in [0.29, 0.717) is 5.69 Å². The topological polar surface area (TPSA) is 138 Å². The molecule has 8 heteroatoms. The SMILES string of the molecule is CC(=O)NC(C(=O)O)C(C(=O)C(C)N)c1cnc[nH]1. The predicted molar refractivity (Wildman–Crippen MR) is 65.2 cm³/mol. The first-order valence-corrected chi connectivity index (χ1v) is 5.62. The van der Waals surface area contributed by atoms with Crippen molar-refractivity contribution < 1.29 is 19.5 Å². The normalized spacial score (nSPS) is 15.3. The molecule has 0 fully saturated rings. The van der Waals surface area contributed by atoms with Crippen LogP contribution in [0.2, 0.25) is 0 Å². The summed E-state index contributed by atoms with van der Waals surface area (Å²) in [6.45, 7) is 2.63. The molecule has 0 bridgehead atoms. The number of hydrogen-bond acceptors (Lipinski definition) is 5. The maximum atomic E-state index is 12.1. The molecule has 0 radical (unpaired) electrons. The zero-order valence-corrected chi connectivity index (χ0v) is 10.6. The lowest BCUT2D eigenvalue weighted by Gasteiger charge is -2.23. The minimum absolute atomic E-state index is 0.295. The van der Waals surface area contributed by atoms with Crippen molar-refractivity contribution in [2.45, 2.75) is 31.8 Å². The molecule has 0 aliphatic rings. The summed E-state index contributed by atoms with van der Waals surface area (Å²) >= 11 is 0. The number of nitrogens with zero attached hydrogens (tertiary/aromatic N) is 1. The molecule has 0 saturated carbocycles. The molecule has 3 unspecified atom stereocenters. The molecule has 0 saturated heterocycles. The van der Waals surface area contributed by atoms with E-state index < -0.39 is 35.7 Å². The highest BCUT2D eigenvalue weighted by Crippen LogP contribution is 2.20. The third-order valence-electron chi connectivity index (χ3n) is 2.57. The number of H-pyrrole nitrogens is 1. The minimum Gasteiger partial charge on any atom is -0.480 e. The number of Topliss-reactive ketones (excluding diaryl/α,β-unsaturated/α-hetero) is 1. The first-order valence-electron chi connectivity index (χ1n) is 5.62. The number of hydrogen-bond donors (Lipinski definition) is 4. The van der Waals surface area contributed by atoms with Crippen LogP contribution in [-0.2, 0) is 14.4 Å². The van der Waals surface area contributed by atoms with Gasteiger partial charge in [-0.25, -0.2) is 9.78 Å². The van der Waals surface area contributed by atoms with Crippen molar-refractivity contribution in [1.29, 1.82) is 0 Å². The van der Waals surface area contributed by atoms with Crippen molar-refractivity contribution in [2.75, 3.05) is 0 Å². The number of aliphatic carboxylic acids is 1. The number of carbonyl (C=O) groups excluding carboxylic acids is 2. The zero-order valence-electron chi connectivity index (χ0n) is 10.6. The van der Waals surface area contributed by atoms with Crippen molar-refractivity contribution in [3.05, 3.63) is 18.2 Å². The van der Waals surface area contributed by atoms with Crippen molar-refractivity contribution in [2.24, 2.45) is 5.73 Å². The second-order valence-corrected chi connectivity index (χ2v) is 4.19. The van der Waals surface area contributed by atoms with Crippen molar-refractivity contribution in [1.82, 2.24) is 15.3 Å². The number of nitrogens with one attached hydrogen (secondary N) is 2. The Balaban J connectivity index is 3.17. The maximum absolute atomic E-state index is 12.1. The monoisotopic (exact) mass is 268 g/mol. The first-order chi connectivity index (χ1) is 8.84. The average Bonchev–Trinajstić information content (AvgIpc) is 2.80. The van der Waals surface area contributed by atoms with Gasteiger partial charge in [0, 0.05) is 18.8 Å². The first kappa shape index (κ1) is 14.8. The van der Waals surface area contributed by atoms with Gasteiger partial charge in [0.1, 0.15) is 6.04 Å². The number of rotatable bonds is 6. The van der Waals surface area contributed by atoms with Crippen LogP contribution in [-0.4, -0.2) is 44.8 Å². The molecule has 1 heterocycles. The van der Waals surface area contributed by atoms with Gasteiger partial charge < -0.3 is 21.1 Å². The fraction of sp³-hybridized carbons (Fsp3) is 0.455. The van der Waals surface area contributed by atoms with Crippen molar-refractivity contribution >= 4 is 17.7 Å². The van der Waals surface area contributed by atoms with Crippen LogP contribution in [0.1, 0.15) is 25.5 Å². The van der Waals surface area contributed by atoms with Crippen LogP contribution in [0.3, 0.4) is 0 Å². The van der Waals surface area contributed by atoms with Gasteiger partial charge in [-0.1, -0.05) is 0 Å². The Morgan fingerprint density at radius 2 is 2.11 bits per heavy atom. The Morgan fingerprint density at radius 3 is 2.47 bits per heavy atom.